The highest BCUT2D eigenvalue weighted by Crippen LogP contribution is 2.17. The molecular weight excluding hydrogens is 342 g/mol. The van der Waals surface area contributed by atoms with Gasteiger partial charge >= 0.3 is 0 Å². The van der Waals surface area contributed by atoms with Gasteiger partial charge in [-0.05, 0) is 42.3 Å². The number of para-hydroxylation sites is 1. The number of amides is 2. The summed E-state index contributed by atoms with van der Waals surface area (Å²) in [6.45, 7) is 4.62. The third-order valence-electron chi connectivity index (χ3n) is 3.90. The summed E-state index contributed by atoms with van der Waals surface area (Å²) >= 11 is 0. The maximum Gasteiger partial charge on any atom is 0.255 e. The van der Waals surface area contributed by atoms with Gasteiger partial charge in [0.25, 0.3) is 11.8 Å². The molecule has 0 radical (unpaired) electrons. The maximum atomic E-state index is 12.6. The lowest BCUT2D eigenvalue weighted by atomic mass is 10.1. The molecule has 2 N–H and O–H groups in total. The third kappa shape index (κ3) is 4.58. The van der Waals surface area contributed by atoms with E-state index in [0.29, 0.717) is 29.3 Å². The van der Waals surface area contributed by atoms with Crippen molar-refractivity contribution in [1.82, 2.24) is 20.1 Å². The van der Waals surface area contributed by atoms with Gasteiger partial charge in [-0.1, -0.05) is 26.0 Å². The number of carbonyl (C=O) groups excluding carboxylic acids is 2. The summed E-state index contributed by atoms with van der Waals surface area (Å²) in [4.78, 5) is 28.9. The highest BCUT2D eigenvalue weighted by Gasteiger charge is 2.14. The van der Waals surface area contributed by atoms with Crippen molar-refractivity contribution < 1.29 is 9.59 Å². The van der Waals surface area contributed by atoms with Gasteiger partial charge in [-0.15, -0.1) is 0 Å². The van der Waals surface area contributed by atoms with Gasteiger partial charge in [0.15, 0.2) is 0 Å². The van der Waals surface area contributed by atoms with Crippen LogP contribution in [0.1, 0.15) is 34.6 Å². The van der Waals surface area contributed by atoms with Crippen LogP contribution < -0.4 is 10.6 Å². The Kier molecular flexibility index (Phi) is 5.61. The molecular formula is C20H21N5O2. The molecule has 7 heteroatoms. The Balaban J connectivity index is 1.73. The quantitative estimate of drug-likeness (QED) is 0.705. The van der Waals surface area contributed by atoms with Crippen molar-refractivity contribution >= 4 is 17.5 Å². The fraction of sp³-hybridized carbons (Fsp3) is 0.200. The summed E-state index contributed by atoms with van der Waals surface area (Å²) in [6.07, 6.45) is 3.03. The van der Waals surface area contributed by atoms with Crippen molar-refractivity contribution in [2.24, 2.45) is 5.92 Å². The molecule has 0 aliphatic rings. The number of anilines is 1. The smallest absolute Gasteiger partial charge is 0.255 e. The van der Waals surface area contributed by atoms with E-state index in [4.69, 9.17) is 0 Å². The average molecular weight is 363 g/mol. The van der Waals surface area contributed by atoms with Gasteiger partial charge in [-0.2, -0.15) is 5.10 Å². The van der Waals surface area contributed by atoms with Gasteiger partial charge < -0.3 is 10.6 Å². The van der Waals surface area contributed by atoms with Crippen molar-refractivity contribution in [3.05, 3.63) is 72.3 Å². The lowest BCUT2D eigenvalue weighted by molar-refractivity contribution is 0.0950. The molecule has 27 heavy (non-hydrogen) atoms. The summed E-state index contributed by atoms with van der Waals surface area (Å²) in [7, 11) is 0. The zero-order valence-corrected chi connectivity index (χ0v) is 15.2. The van der Waals surface area contributed by atoms with Gasteiger partial charge in [-0.3, -0.25) is 9.59 Å². The molecule has 0 unspecified atom stereocenters. The van der Waals surface area contributed by atoms with Crippen LogP contribution in [-0.4, -0.2) is 33.1 Å². The first-order valence-corrected chi connectivity index (χ1v) is 8.68. The molecule has 1 aromatic heterocycles. The van der Waals surface area contributed by atoms with Crippen LogP contribution in [0.5, 0.6) is 0 Å². The van der Waals surface area contributed by atoms with Gasteiger partial charge in [-0.25, -0.2) is 9.67 Å². The van der Waals surface area contributed by atoms with E-state index in [0.717, 1.165) is 5.69 Å². The van der Waals surface area contributed by atoms with Crippen molar-refractivity contribution in [1.29, 1.82) is 0 Å². The monoisotopic (exact) mass is 363 g/mol. The van der Waals surface area contributed by atoms with E-state index in [1.165, 1.54) is 6.33 Å². The highest BCUT2D eigenvalue weighted by molar-refractivity contribution is 6.09. The van der Waals surface area contributed by atoms with E-state index in [1.807, 2.05) is 13.8 Å². The number of rotatable bonds is 6. The van der Waals surface area contributed by atoms with Gasteiger partial charge in [0.05, 0.1) is 16.9 Å². The van der Waals surface area contributed by atoms with Crippen LogP contribution in [0.15, 0.2) is 61.2 Å². The molecule has 2 aromatic carbocycles. The molecule has 3 aromatic rings. The SMILES string of the molecule is CC(C)CNC(=O)c1ccccc1NC(=O)c1ccc(-n2cncn2)cc1. The lowest BCUT2D eigenvalue weighted by Crippen LogP contribution is -2.28. The van der Waals surface area contributed by atoms with Crippen molar-refractivity contribution in [3.8, 4) is 5.69 Å². The Labute approximate surface area is 157 Å². The highest BCUT2D eigenvalue weighted by atomic mass is 16.2. The minimum atomic E-state index is -0.288. The normalized spacial score (nSPS) is 10.6. The molecule has 1 heterocycles. The van der Waals surface area contributed by atoms with Crippen LogP contribution in [0, 0.1) is 5.92 Å². The van der Waals surface area contributed by atoms with Gasteiger partial charge in [0.2, 0.25) is 0 Å². The van der Waals surface area contributed by atoms with Crippen LogP contribution in [0.4, 0.5) is 5.69 Å². The molecule has 3 rings (SSSR count). The van der Waals surface area contributed by atoms with E-state index >= 15 is 0 Å². The van der Waals surface area contributed by atoms with Crippen LogP contribution >= 0.6 is 0 Å². The molecule has 7 nitrogen and oxygen atoms in total. The molecule has 0 aliphatic carbocycles. The number of carbonyl (C=O) groups is 2. The summed E-state index contributed by atoms with van der Waals surface area (Å²) in [5, 5.41) is 9.73. The fourth-order valence-corrected chi connectivity index (χ4v) is 2.48. The van der Waals surface area contributed by atoms with E-state index < -0.39 is 0 Å². The lowest BCUT2D eigenvalue weighted by Gasteiger charge is -2.12. The molecule has 0 saturated heterocycles. The molecule has 0 spiro atoms. The first-order valence-electron chi connectivity index (χ1n) is 8.68. The Morgan fingerprint density at radius 3 is 2.44 bits per heavy atom. The number of hydrogen-bond donors (Lipinski definition) is 2. The van der Waals surface area contributed by atoms with Gasteiger partial charge in [0, 0.05) is 12.1 Å². The van der Waals surface area contributed by atoms with Crippen molar-refractivity contribution in [2.45, 2.75) is 13.8 Å². The second-order valence-corrected chi connectivity index (χ2v) is 6.49. The van der Waals surface area contributed by atoms with E-state index in [1.54, 1.807) is 59.5 Å². The second kappa shape index (κ2) is 8.27. The molecule has 0 aliphatic heterocycles. The van der Waals surface area contributed by atoms with Crippen molar-refractivity contribution in [3.63, 3.8) is 0 Å². The number of nitrogens with one attached hydrogen (secondary N) is 2. The Morgan fingerprint density at radius 1 is 1.04 bits per heavy atom. The summed E-state index contributed by atoms with van der Waals surface area (Å²) in [5.74, 6) is -0.149. The number of nitrogens with zero attached hydrogens (tertiary/aromatic N) is 3. The first kappa shape index (κ1) is 18.3. The van der Waals surface area contributed by atoms with E-state index in [-0.39, 0.29) is 11.8 Å². The Morgan fingerprint density at radius 2 is 1.78 bits per heavy atom. The van der Waals surface area contributed by atoms with Crippen LogP contribution in [0.25, 0.3) is 5.69 Å². The topological polar surface area (TPSA) is 88.9 Å². The fourth-order valence-electron chi connectivity index (χ4n) is 2.48. The minimum absolute atomic E-state index is 0.207. The largest absolute Gasteiger partial charge is 0.352 e. The van der Waals surface area contributed by atoms with Crippen LogP contribution in [0.2, 0.25) is 0 Å². The summed E-state index contributed by atoms with van der Waals surface area (Å²) < 4.78 is 1.61. The number of hydrogen-bond acceptors (Lipinski definition) is 4. The second-order valence-electron chi connectivity index (χ2n) is 6.49. The molecule has 0 fully saturated rings. The third-order valence-corrected chi connectivity index (χ3v) is 3.90. The molecule has 0 bridgehead atoms. The number of aromatic nitrogens is 3. The van der Waals surface area contributed by atoms with Crippen LogP contribution in [-0.2, 0) is 0 Å². The summed E-state index contributed by atoms with van der Waals surface area (Å²) in [5.41, 5.74) is 2.20. The summed E-state index contributed by atoms with van der Waals surface area (Å²) in [6, 6.07) is 13.9. The number of benzene rings is 2. The standard InChI is InChI=1S/C20H21N5O2/c1-14(2)11-22-20(27)17-5-3-4-6-18(17)24-19(26)15-7-9-16(10-8-15)25-13-21-12-23-25/h3-10,12-14H,11H2,1-2H3,(H,22,27)(H,24,26). The molecule has 0 saturated carbocycles. The minimum Gasteiger partial charge on any atom is -0.352 e. The predicted octanol–water partition coefficient (Wildman–Crippen LogP) is 2.91. The molecule has 138 valence electrons. The predicted molar refractivity (Wildman–Crippen MR) is 103 cm³/mol. The Bertz CT molecular complexity index is 918. The molecule has 0 atom stereocenters. The Hall–Kier alpha value is -3.48. The van der Waals surface area contributed by atoms with Crippen molar-refractivity contribution in [2.75, 3.05) is 11.9 Å². The zero-order chi connectivity index (χ0) is 19.2. The zero-order valence-electron chi connectivity index (χ0n) is 15.2. The maximum absolute atomic E-state index is 12.6. The van der Waals surface area contributed by atoms with E-state index in [2.05, 4.69) is 20.7 Å². The van der Waals surface area contributed by atoms with Crippen LogP contribution in [0.3, 0.4) is 0 Å². The van der Waals surface area contributed by atoms with Gasteiger partial charge in [0.1, 0.15) is 12.7 Å². The first-order chi connectivity index (χ1) is 13.0. The average Bonchev–Trinajstić information content (AvgIpc) is 3.21. The molecule has 2 amide bonds. The van der Waals surface area contributed by atoms with E-state index in [9.17, 15) is 9.59 Å².